The molecule has 0 radical (unpaired) electrons. The summed E-state index contributed by atoms with van der Waals surface area (Å²) < 4.78 is 0. The van der Waals surface area contributed by atoms with Gasteiger partial charge in [-0.1, -0.05) is 37.3 Å². The van der Waals surface area contributed by atoms with Crippen molar-refractivity contribution in [1.82, 2.24) is 10.2 Å². The van der Waals surface area contributed by atoms with Crippen molar-refractivity contribution in [2.24, 2.45) is 17.6 Å². The van der Waals surface area contributed by atoms with Gasteiger partial charge in [0, 0.05) is 32.8 Å². The Bertz CT molecular complexity index is 325. The van der Waals surface area contributed by atoms with Gasteiger partial charge in [0.1, 0.15) is 0 Å². The zero-order valence-electron chi connectivity index (χ0n) is 10.6. The molecule has 1 unspecified atom stereocenters. The molecule has 17 heavy (non-hydrogen) atoms. The number of hydrogen-bond donors (Lipinski definition) is 2. The summed E-state index contributed by atoms with van der Waals surface area (Å²) in [6.45, 7) is 7.43. The average Bonchev–Trinajstić information content (AvgIpc) is 2.68. The molecule has 1 heterocycles. The first-order valence-electron chi connectivity index (χ1n) is 6.46. The van der Waals surface area contributed by atoms with E-state index in [1.165, 1.54) is 18.7 Å². The maximum Gasteiger partial charge on any atom is 0.0428 e. The van der Waals surface area contributed by atoms with Crippen molar-refractivity contribution in [3.63, 3.8) is 0 Å². The van der Waals surface area contributed by atoms with Crippen molar-refractivity contribution in [3.8, 4) is 0 Å². The predicted octanol–water partition coefficient (Wildman–Crippen LogP) is 1.26. The first-order valence-corrected chi connectivity index (χ1v) is 6.46. The Hall–Kier alpha value is -0.900. The minimum absolute atomic E-state index is 0.585. The average molecular weight is 233 g/mol. The van der Waals surface area contributed by atoms with Gasteiger partial charge in [-0.25, -0.2) is 0 Å². The third kappa shape index (κ3) is 3.53. The van der Waals surface area contributed by atoms with E-state index in [2.05, 4.69) is 47.5 Å². The summed E-state index contributed by atoms with van der Waals surface area (Å²) in [5, 5.41) is 3.26. The van der Waals surface area contributed by atoms with Crippen molar-refractivity contribution in [2.45, 2.75) is 13.5 Å². The number of nitrogens with zero attached hydrogens (tertiary/aromatic N) is 1. The Labute approximate surface area is 104 Å². The van der Waals surface area contributed by atoms with Gasteiger partial charge in [0.15, 0.2) is 0 Å². The van der Waals surface area contributed by atoms with Gasteiger partial charge in [0.2, 0.25) is 0 Å². The van der Waals surface area contributed by atoms with Crippen LogP contribution in [0, 0.1) is 11.8 Å². The highest BCUT2D eigenvalue weighted by Crippen LogP contribution is 2.23. The minimum Gasteiger partial charge on any atom is -0.318 e. The fourth-order valence-electron chi connectivity index (χ4n) is 2.65. The molecule has 2 rings (SSSR count). The number of benzene rings is 1. The van der Waals surface area contributed by atoms with Crippen LogP contribution in [0.4, 0.5) is 0 Å². The van der Waals surface area contributed by atoms with E-state index in [1.807, 2.05) is 0 Å². The zero-order chi connectivity index (χ0) is 12.1. The van der Waals surface area contributed by atoms with E-state index in [4.69, 9.17) is 5.73 Å². The zero-order valence-corrected chi connectivity index (χ0v) is 10.6. The highest BCUT2D eigenvalue weighted by Gasteiger charge is 2.28. The van der Waals surface area contributed by atoms with Gasteiger partial charge in [0.05, 0.1) is 0 Å². The van der Waals surface area contributed by atoms with Crippen LogP contribution in [0.1, 0.15) is 12.5 Å². The molecule has 0 amide bonds. The molecule has 1 saturated heterocycles. The highest BCUT2D eigenvalue weighted by atomic mass is 15.2. The first kappa shape index (κ1) is 12.6. The van der Waals surface area contributed by atoms with Crippen LogP contribution in [0.3, 0.4) is 0 Å². The molecule has 94 valence electrons. The van der Waals surface area contributed by atoms with E-state index in [9.17, 15) is 0 Å². The van der Waals surface area contributed by atoms with E-state index in [-0.39, 0.29) is 0 Å². The van der Waals surface area contributed by atoms with Crippen LogP contribution in [0.2, 0.25) is 0 Å². The molecule has 1 aliphatic rings. The van der Waals surface area contributed by atoms with E-state index < -0.39 is 0 Å². The second-order valence-corrected chi connectivity index (χ2v) is 5.08. The lowest BCUT2D eigenvalue weighted by Crippen LogP contribution is -2.31. The maximum absolute atomic E-state index is 5.49. The van der Waals surface area contributed by atoms with Crippen LogP contribution >= 0.6 is 0 Å². The van der Waals surface area contributed by atoms with Gasteiger partial charge >= 0.3 is 0 Å². The number of likely N-dealkylation sites (tertiary alicyclic amines) is 1. The summed E-state index contributed by atoms with van der Waals surface area (Å²) in [5.74, 6) is 1.50. The van der Waals surface area contributed by atoms with E-state index in [0.717, 1.165) is 24.9 Å². The van der Waals surface area contributed by atoms with Gasteiger partial charge in [-0.05, 0) is 17.4 Å². The van der Waals surface area contributed by atoms with Crippen LogP contribution in [-0.4, -0.2) is 31.2 Å². The number of nitrogens with one attached hydrogen (secondary N) is 1. The molecule has 2 atom stereocenters. The smallest absolute Gasteiger partial charge is 0.0428 e. The fraction of sp³-hybridized carbons (Fsp3) is 0.571. The van der Waals surface area contributed by atoms with Crippen LogP contribution < -0.4 is 11.1 Å². The van der Waals surface area contributed by atoms with Crippen LogP contribution in [0.25, 0.3) is 0 Å². The normalized spacial score (nSPS) is 25.3. The predicted molar refractivity (Wildman–Crippen MR) is 71.4 cm³/mol. The van der Waals surface area contributed by atoms with E-state index in [0.29, 0.717) is 6.67 Å². The van der Waals surface area contributed by atoms with Crippen LogP contribution in [-0.2, 0) is 6.54 Å². The van der Waals surface area contributed by atoms with Gasteiger partial charge in [-0.2, -0.15) is 0 Å². The van der Waals surface area contributed by atoms with Gasteiger partial charge in [-0.15, -0.1) is 0 Å². The molecule has 0 aromatic heterocycles. The third-order valence-corrected chi connectivity index (χ3v) is 3.64. The Kier molecular flexibility index (Phi) is 4.54. The fourth-order valence-corrected chi connectivity index (χ4v) is 2.65. The molecule has 1 aliphatic heterocycles. The Morgan fingerprint density at radius 1 is 1.29 bits per heavy atom. The standard InChI is InChI=1S/C14H23N3/c1-12-8-17(10-14(12)7-16-11-15)9-13-5-3-2-4-6-13/h2-6,12,14,16H,7-11,15H2,1H3/t12-,14?/m1/s1. The van der Waals surface area contributed by atoms with Crippen molar-refractivity contribution in [3.05, 3.63) is 35.9 Å². The molecule has 3 N–H and O–H groups in total. The van der Waals surface area contributed by atoms with Crippen LogP contribution in [0.15, 0.2) is 30.3 Å². The molecule has 0 aliphatic carbocycles. The molecule has 1 fully saturated rings. The molecule has 0 saturated carbocycles. The Balaban J connectivity index is 1.84. The third-order valence-electron chi connectivity index (χ3n) is 3.64. The van der Waals surface area contributed by atoms with E-state index >= 15 is 0 Å². The Morgan fingerprint density at radius 2 is 2.06 bits per heavy atom. The van der Waals surface area contributed by atoms with Gasteiger partial charge in [0.25, 0.3) is 0 Å². The molecular formula is C14H23N3. The molecular weight excluding hydrogens is 210 g/mol. The molecule has 0 bridgehead atoms. The second-order valence-electron chi connectivity index (χ2n) is 5.08. The first-order chi connectivity index (χ1) is 8.29. The summed E-state index contributed by atoms with van der Waals surface area (Å²) in [4.78, 5) is 2.54. The largest absolute Gasteiger partial charge is 0.318 e. The summed E-state index contributed by atoms with van der Waals surface area (Å²) in [5.41, 5.74) is 6.89. The summed E-state index contributed by atoms with van der Waals surface area (Å²) in [6, 6.07) is 10.7. The monoisotopic (exact) mass is 233 g/mol. The van der Waals surface area contributed by atoms with Gasteiger partial charge < -0.3 is 11.1 Å². The maximum atomic E-state index is 5.49. The van der Waals surface area contributed by atoms with Crippen molar-refractivity contribution >= 4 is 0 Å². The van der Waals surface area contributed by atoms with Crippen molar-refractivity contribution < 1.29 is 0 Å². The lowest BCUT2D eigenvalue weighted by Gasteiger charge is -2.16. The quantitative estimate of drug-likeness (QED) is 0.752. The van der Waals surface area contributed by atoms with E-state index in [1.54, 1.807) is 0 Å². The molecule has 3 nitrogen and oxygen atoms in total. The van der Waals surface area contributed by atoms with Crippen LogP contribution in [0.5, 0.6) is 0 Å². The van der Waals surface area contributed by atoms with Crippen molar-refractivity contribution in [2.75, 3.05) is 26.3 Å². The second kappa shape index (κ2) is 6.15. The molecule has 3 heteroatoms. The SMILES string of the molecule is C[C@@H]1CN(Cc2ccccc2)CC1CNCN. The minimum atomic E-state index is 0.585. The molecule has 1 aromatic carbocycles. The number of nitrogens with two attached hydrogens (primary N) is 1. The molecule has 0 spiro atoms. The molecule has 1 aromatic rings. The lowest BCUT2D eigenvalue weighted by atomic mass is 9.98. The number of hydrogen-bond acceptors (Lipinski definition) is 3. The summed E-state index contributed by atoms with van der Waals surface area (Å²) in [7, 11) is 0. The summed E-state index contributed by atoms with van der Waals surface area (Å²) >= 11 is 0. The topological polar surface area (TPSA) is 41.3 Å². The van der Waals surface area contributed by atoms with Crippen molar-refractivity contribution in [1.29, 1.82) is 0 Å². The Morgan fingerprint density at radius 3 is 2.76 bits per heavy atom. The van der Waals surface area contributed by atoms with Gasteiger partial charge in [-0.3, -0.25) is 4.90 Å². The highest BCUT2D eigenvalue weighted by molar-refractivity contribution is 5.14. The summed E-state index contributed by atoms with van der Waals surface area (Å²) in [6.07, 6.45) is 0. The number of rotatable bonds is 5. The lowest BCUT2D eigenvalue weighted by molar-refractivity contribution is 0.313.